The van der Waals surface area contributed by atoms with Crippen LogP contribution in [0, 0.1) is 0 Å². The zero-order chi connectivity index (χ0) is 24.2. The first kappa shape index (κ1) is 31.0. The van der Waals surface area contributed by atoms with Gasteiger partial charge in [-0.05, 0) is 12.0 Å². The average molecular weight is 485 g/mol. The van der Waals surface area contributed by atoms with Crippen LogP contribution in [0.3, 0.4) is 0 Å². The van der Waals surface area contributed by atoms with Crippen molar-refractivity contribution in [3.63, 3.8) is 0 Å². The van der Waals surface area contributed by atoms with Gasteiger partial charge in [-0.25, -0.2) is 0 Å². The minimum atomic E-state index is 0.551. The number of hydrogen-bond donors (Lipinski definition) is 0. The topological polar surface area (TPSA) is 64.6 Å². The first-order valence-corrected chi connectivity index (χ1v) is 13.0. The number of rotatable bonds is 27. The van der Waals surface area contributed by atoms with Gasteiger partial charge in [0.25, 0.3) is 0 Å². The predicted molar refractivity (Wildman–Crippen MR) is 134 cm³/mol. The van der Waals surface area contributed by atoms with Gasteiger partial charge in [0.05, 0.1) is 85.9 Å². The standard InChI is InChI=1S/C27H48O7/c1-2-3-4-5-6-10-13-28-14-15-29-16-17-30-18-19-31-20-21-32-22-23-33-24-25-34-26-27-11-8-7-9-12-27/h7-9,11-12H,2-6,10,13-26H2,1H3. The van der Waals surface area contributed by atoms with Crippen LogP contribution in [-0.4, -0.2) is 85.9 Å². The van der Waals surface area contributed by atoms with E-state index in [0.29, 0.717) is 85.9 Å². The van der Waals surface area contributed by atoms with E-state index in [1.54, 1.807) is 0 Å². The van der Waals surface area contributed by atoms with E-state index in [4.69, 9.17) is 33.2 Å². The highest BCUT2D eigenvalue weighted by atomic mass is 16.6. The van der Waals surface area contributed by atoms with E-state index in [2.05, 4.69) is 6.92 Å². The lowest BCUT2D eigenvalue weighted by molar-refractivity contribution is -0.0212. The van der Waals surface area contributed by atoms with Crippen molar-refractivity contribution in [2.24, 2.45) is 0 Å². The molecule has 7 heteroatoms. The molecule has 0 spiro atoms. The third-order valence-corrected chi connectivity index (χ3v) is 4.99. The molecule has 0 radical (unpaired) electrons. The fourth-order valence-electron chi connectivity index (χ4n) is 3.07. The second kappa shape index (κ2) is 26.5. The summed E-state index contributed by atoms with van der Waals surface area (Å²) >= 11 is 0. The summed E-state index contributed by atoms with van der Waals surface area (Å²) in [5.41, 5.74) is 1.17. The normalized spacial score (nSPS) is 11.3. The van der Waals surface area contributed by atoms with Crippen LogP contribution in [0.25, 0.3) is 0 Å². The van der Waals surface area contributed by atoms with Gasteiger partial charge in [-0.1, -0.05) is 69.4 Å². The molecule has 198 valence electrons. The van der Waals surface area contributed by atoms with Crippen LogP contribution in [0.2, 0.25) is 0 Å². The molecule has 7 nitrogen and oxygen atoms in total. The quantitative estimate of drug-likeness (QED) is 0.168. The highest BCUT2D eigenvalue weighted by Gasteiger charge is 1.96. The van der Waals surface area contributed by atoms with Crippen molar-refractivity contribution in [2.45, 2.75) is 52.1 Å². The number of unbranched alkanes of at least 4 members (excludes halogenated alkanes) is 5. The Morgan fingerprint density at radius 2 is 0.794 bits per heavy atom. The Labute approximate surface area is 207 Å². The van der Waals surface area contributed by atoms with Crippen LogP contribution in [0.4, 0.5) is 0 Å². The SMILES string of the molecule is CCCCCCCCOCCOCCOCCOCCOCCOCCOCc1ccccc1. The van der Waals surface area contributed by atoms with Crippen molar-refractivity contribution < 1.29 is 33.2 Å². The van der Waals surface area contributed by atoms with E-state index >= 15 is 0 Å². The summed E-state index contributed by atoms with van der Waals surface area (Å²) in [6.45, 7) is 10.6. The third-order valence-electron chi connectivity index (χ3n) is 4.99. The van der Waals surface area contributed by atoms with Gasteiger partial charge in [0.1, 0.15) is 0 Å². The van der Waals surface area contributed by atoms with Gasteiger partial charge >= 0.3 is 0 Å². The summed E-state index contributed by atoms with van der Waals surface area (Å²) in [6.07, 6.45) is 7.73. The monoisotopic (exact) mass is 484 g/mol. The lowest BCUT2D eigenvalue weighted by atomic mass is 10.1. The Hall–Kier alpha value is -1.06. The molecule has 0 amide bonds. The second-order valence-electron chi connectivity index (χ2n) is 7.98. The van der Waals surface area contributed by atoms with Gasteiger partial charge in [-0.15, -0.1) is 0 Å². The van der Waals surface area contributed by atoms with Crippen molar-refractivity contribution >= 4 is 0 Å². The van der Waals surface area contributed by atoms with Crippen LogP contribution in [0.15, 0.2) is 30.3 Å². The summed E-state index contributed by atoms with van der Waals surface area (Å²) < 4.78 is 38.5. The minimum absolute atomic E-state index is 0.551. The maximum atomic E-state index is 5.57. The summed E-state index contributed by atoms with van der Waals surface area (Å²) in [7, 11) is 0. The molecule has 0 bridgehead atoms. The summed E-state index contributed by atoms with van der Waals surface area (Å²) in [4.78, 5) is 0. The first-order chi connectivity index (χ1) is 16.9. The lowest BCUT2D eigenvalue weighted by Gasteiger charge is -2.08. The molecule has 0 unspecified atom stereocenters. The fraction of sp³-hybridized carbons (Fsp3) is 0.778. The molecule has 0 aromatic heterocycles. The Morgan fingerprint density at radius 1 is 0.412 bits per heavy atom. The summed E-state index contributed by atoms with van der Waals surface area (Å²) in [5, 5.41) is 0. The molecule has 34 heavy (non-hydrogen) atoms. The number of ether oxygens (including phenoxy) is 7. The number of hydrogen-bond acceptors (Lipinski definition) is 7. The summed E-state index contributed by atoms with van der Waals surface area (Å²) in [6, 6.07) is 10.1. The van der Waals surface area contributed by atoms with Crippen molar-refractivity contribution in [1.29, 1.82) is 0 Å². The van der Waals surface area contributed by atoms with E-state index in [9.17, 15) is 0 Å². The van der Waals surface area contributed by atoms with E-state index in [1.807, 2.05) is 30.3 Å². The molecule has 0 aliphatic heterocycles. The highest BCUT2D eigenvalue weighted by Crippen LogP contribution is 2.04. The molecule has 1 aromatic rings. The first-order valence-electron chi connectivity index (χ1n) is 13.0. The van der Waals surface area contributed by atoms with Gasteiger partial charge in [-0.2, -0.15) is 0 Å². The maximum absolute atomic E-state index is 5.57. The molecule has 0 fully saturated rings. The fourth-order valence-corrected chi connectivity index (χ4v) is 3.07. The largest absolute Gasteiger partial charge is 0.379 e. The molecule has 0 saturated carbocycles. The van der Waals surface area contributed by atoms with Crippen molar-refractivity contribution in [2.75, 3.05) is 85.9 Å². The van der Waals surface area contributed by atoms with Gasteiger partial charge in [0, 0.05) is 6.61 Å². The molecule has 0 aliphatic carbocycles. The van der Waals surface area contributed by atoms with Crippen LogP contribution < -0.4 is 0 Å². The Balaban J connectivity index is 1.64. The van der Waals surface area contributed by atoms with E-state index in [0.717, 1.165) is 13.0 Å². The van der Waals surface area contributed by atoms with Crippen LogP contribution in [0.5, 0.6) is 0 Å². The third kappa shape index (κ3) is 22.7. The molecule has 0 saturated heterocycles. The second-order valence-corrected chi connectivity index (χ2v) is 7.98. The highest BCUT2D eigenvalue weighted by molar-refractivity contribution is 5.13. The Bertz CT molecular complexity index is 501. The smallest absolute Gasteiger partial charge is 0.0718 e. The van der Waals surface area contributed by atoms with Gasteiger partial charge in [0.2, 0.25) is 0 Å². The van der Waals surface area contributed by atoms with Crippen LogP contribution in [-0.2, 0) is 39.8 Å². The van der Waals surface area contributed by atoms with Crippen LogP contribution >= 0.6 is 0 Å². The van der Waals surface area contributed by atoms with E-state index < -0.39 is 0 Å². The van der Waals surface area contributed by atoms with Crippen molar-refractivity contribution in [3.8, 4) is 0 Å². The lowest BCUT2D eigenvalue weighted by Crippen LogP contribution is -2.14. The molecular weight excluding hydrogens is 436 g/mol. The molecule has 1 rings (SSSR count). The van der Waals surface area contributed by atoms with E-state index in [-0.39, 0.29) is 0 Å². The molecule has 0 heterocycles. The molecular formula is C27H48O7. The minimum Gasteiger partial charge on any atom is -0.379 e. The van der Waals surface area contributed by atoms with E-state index in [1.165, 1.54) is 37.7 Å². The van der Waals surface area contributed by atoms with Gasteiger partial charge < -0.3 is 33.2 Å². The van der Waals surface area contributed by atoms with Crippen molar-refractivity contribution in [1.82, 2.24) is 0 Å². The predicted octanol–water partition coefficient (Wildman–Crippen LogP) is 4.66. The van der Waals surface area contributed by atoms with Crippen molar-refractivity contribution in [3.05, 3.63) is 35.9 Å². The molecule has 0 atom stereocenters. The van der Waals surface area contributed by atoms with Gasteiger partial charge in [0.15, 0.2) is 0 Å². The van der Waals surface area contributed by atoms with Gasteiger partial charge in [-0.3, -0.25) is 0 Å². The number of benzene rings is 1. The Kier molecular flexibility index (Phi) is 24.2. The molecule has 0 N–H and O–H groups in total. The molecule has 0 aliphatic rings. The zero-order valence-corrected chi connectivity index (χ0v) is 21.4. The van der Waals surface area contributed by atoms with Crippen LogP contribution in [0.1, 0.15) is 51.0 Å². The summed E-state index contributed by atoms with van der Waals surface area (Å²) in [5.74, 6) is 0. The maximum Gasteiger partial charge on any atom is 0.0718 e. The average Bonchev–Trinajstić information content (AvgIpc) is 2.87. The zero-order valence-electron chi connectivity index (χ0n) is 21.4. The Morgan fingerprint density at radius 3 is 1.26 bits per heavy atom. The molecule has 1 aromatic carbocycles.